The van der Waals surface area contributed by atoms with Gasteiger partial charge in [-0.1, -0.05) is 59.6 Å². The Morgan fingerprint density at radius 3 is 2.46 bits per heavy atom. The molecule has 9 heteroatoms. The van der Waals surface area contributed by atoms with Crippen molar-refractivity contribution in [1.82, 2.24) is 9.80 Å². The van der Waals surface area contributed by atoms with Crippen molar-refractivity contribution in [3.63, 3.8) is 0 Å². The van der Waals surface area contributed by atoms with E-state index in [9.17, 15) is 14.7 Å². The van der Waals surface area contributed by atoms with Gasteiger partial charge >= 0.3 is 0 Å². The molecule has 0 spiro atoms. The zero-order valence-corrected chi connectivity index (χ0v) is 24.3. The van der Waals surface area contributed by atoms with Crippen LogP contribution in [0.1, 0.15) is 34.7 Å². The summed E-state index contributed by atoms with van der Waals surface area (Å²) in [7, 11) is 0. The molecule has 1 amide bonds. The van der Waals surface area contributed by atoms with Gasteiger partial charge in [-0.05, 0) is 60.4 Å². The van der Waals surface area contributed by atoms with E-state index in [1.165, 1.54) is 4.90 Å². The Balaban J connectivity index is 1.45. The van der Waals surface area contributed by atoms with Crippen LogP contribution >= 0.6 is 23.2 Å². The molecule has 0 unspecified atom stereocenters. The fraction of sp³-hybridized carbons (Fsp3) is 0.312. The van der Waals surface area contributed by atoms with E-state index in [1.807, 2.05) is 37.3 Å². The van der Waals surface area contributed by atoms with Crippen LogP contribution in [0, 0.1) is 6.92 Å². The lowest BCUT2D eigenvalue weighted by Crippen LogP contribution is -2.39. The summed E-state index contributed by atoms with van der Waals surface area (Å²) in [5.74, 6) is -1.02. The smallest absolute Gasteiger partial charge is 0.295 e. The van der Waals surface area contributed by atoms with Crippen LogP contribution < -0.4 is 4.74 Å². The third-order valence-corrected chi connectivity index (χ3v) is 8.04. The van der Waals surface area contributed by atoms with Crippen molar-refractivity contribution < 1.29 is 24.2 Å². The summed E-state index contributed by atoms with van der Waals surface area (Å²) >= 11 is 12.8. The van der Waals surface area contributed by atoms with Crippen LogP contribution in [0.25, 0.3) is 5.76 Å². The summed E-state index contributed by atoms with van der Waals surface area (Å²) in [6.07, 6.45) is 0.654. The van der Waals surface area contributed by atoms with E-state index in [-0.39, 0.29) is 11.3 Å². The van der Waals surface area contributed by atoms with E-state index in [0.717, 1.165) is 25.2 Å². The fourth-order valence-corrected chi connectivity index (χ4v) is 5.84. The summed E-state index contributed by atoms with van der Waals surface area (Å²) in [6.45, 7) is 6.33. The van der Waals surface area contributed by atoms with Crippen LogP contribution in [-0.4, -0.2) is 66.0 Å². The van der Waals surface area contributed by atoms with Crippen molar-refractivity contribution in [3.05, 3.63) is 105 Å². The van der Waals surface area contributed by atoms with Gasteiger partial charge in [-0.2, -0.15) is 0 Å². The van der Waals surface area contributed by atoms with Crippen molar-refractivity contribution in [1.29, 1.82) is 0 Å². The van der Waals surface area contributed by atoms with Crippen LogP contribution in [-0.2, 0) is 20.9 Å². The van der Waals surface area contributed by atoms with Crippen molar-refractivity contribution >= 4 is 40.7 Å². The highest BCUT2D eigenvalue weighted by atomic mass is 35.5. The SMILES string of the molecule is Cc1cc(OCc2ccccc2)ccc1/C(O)=C1\C(=O)C(=O)N(CCCN2CCOCC2)[C@H]1c1ccc(Cl)cc1Cl. The van der Waals surface area contributed by atoms with Crippen LogP contribution in [0.4, 0.5) is 0 Å². The summed E-state index contributed by atoms with van der Waals surface area (Å²) in [4.78, 5) is 30.6. The number of hydrogen-bond donors (Lipinski definition) is 1. The molecule has 2 aliphatic rings. The lowest BCUT2D eigenvalue weighted by Gasteiger charge is -2.29. The first kappa shape index (κ1) is 29.1. The number of hydrogen-bond acceptors (Lipinski definition) is 6. The topological polar surface area (TPSA) is 79.3 Å². The van der Waals surface area contributed by atoms with E-state index in [2.05, 4.69) is 4.90 Å². The predicted molar refractivity (Wildman–Crippen MR) is 159 cm³/mol. The van der Waals surface area contributed by atoms with Crippen molar-refractivity contribution in [2.45, 2.75) is 26.0 Å². The van der Waals surface area contributed by atoms with Gasteiger partial charge in [0.15, 0.2) is 0 Å². The number of likely N-dealkylation sites (tertiary alicyclic amines) is 1. The Kier molecular flexibility index (Phi) is 9.30. The van der Waals surface area contributed by atoms with E-state index >= 15 is 0 Å². The zero-order chi connectivity index (χ0) is 28.9. The van der Waals surface area contributed by atoms with Crippen LogP contribution in [0.5, 0.6) is 5.75 Å². The maximum absolute atomic E-state index is 13.5. The van der Waals surface area contributed by atoms with Crippen molar-refractivity contribution in [2.24, 2.45) is 0 Å². The Morgan fingerprint density at radius 1 is 1.00 bits per heavy atom. The zero-order valence-electron chi connectivity index (χ0n) is 22.8. The first-order valence-corrected chi connectivity index (χ1v) is 14.4. The molecule has 5 rings (SSSR count). The van der Waals surface area contributed by atoms with Crippen LogP contribution in [0.15, 0.2) is 72.3 Å². The average Bonchev–Trinajstić information content (AvgIpc) is 3.22. The highest BCUT2D eigenvalue weighted by Gasteiger charge is 2.46. The second-order valence-corrected chi connectivity index (χ2v) is 11.1. The summed E-state index contributed by atoms with van der Waals surface area (Å²) in [5, 5.41) is 12.3. The number of rotatable bonds is 9. The Bertz CT molecular complexity index is 1450. The number of ether oxygens (including phenoxy) is 2. The Hall–Kier alpha value is -3.36. The second-order valence-electron chi connectivity index (χ2n) is 10.2. The molecular formula is C32H32Cl2N2O5. The largest absolute Gasteiger partial charge is 0.507 e. The molecule has 2 fully saturated rings. The Morgan fingerprint density at radius 2 is 1.76 bits per heavy atom. The maximum atomic E-state index is 13.5. The van der Waals surface area contributed by atoms with Gasteiger partial charge in [0, 0.05) is 41.8 Å². The van der Waals surface area contributed by atoms with Gasteiger partial charge in [-0.3, -0.25) is 14.5 Å². The average molecular weight is 596 g/mol. The van der Waals surface area contributed by atoms with Gasteiger partial charge in [0.05, 0.1) is 24.8 Å². The van der Waals surface area contributed by atoms with E-state index in [1.54, 1.807) is 36.4 Å². The van der Waals surface area contributed by atoms with E-state index in [4.69, 9.17) is 32.7 Å². The molecule has 214 valence electrons. The second kappa shape index (κ2) is 13.1. The number of aryl methyl sites for hydroxylation is 1. The predicted octanol–water partition coefficient (Wildman–Crippen LogP) is 6.02. The third kappa shape index (κ3) is 6.60. The van der Waals surface area contributed by atoms with Crippen molar-refractivity contribution in [3.8, 4) is 5.75 Å². The van der Waals surface area contributed by atoms with Gasteiger partial charge in [0.25, 0.3) is 11.7 Å². The molecule has 0 bridgehead atoms. The number of benzene rings is 3. The van der Waals surface area contributed by atoms with Crippen molar-refractivity contribution in [2.75, 3.05) is 39.4 Å². The normalized spacial score (nSPS) is 19.1. The highest BCUT2D eigenvalue weighted by molar-refractivity contribution is 6.47. The first-order chi connectivity index (χ1) is 19.8. The van der Waals surface area contributed by atoms with Gasteiger partial charge in [-0.15, -0.1) is 0 Å². The minimum atomic E-state index is -0.849. The Labute approximate surface area is 249 Å². The standard InChI is InChI=1S/C32H32Cl2N2O5/c1-21-18-24(41-20-22-6-3-2-4-7-22)9-11-25(21)30(37)28-29(26-10-8-23(33)19-27(26)34)36(32(39)31(28)38)13-5-12-35-14-16-40-17-15-35/h2-4,6-11,18-19,29,37H,5,12-17,20H2,1H3/b30-28+/t29-/m0/s1. The monoisotopic (exact) mass is 594 g/mol. The molecule has 2 saturated heterocycles. The van der Waals surface area contributed by atoms with Gasteiger partial charge < -0.3 is 19.5 Å². The third-order valence-electron chi connectivity index (χ3n) is 7.48. The number of halogens is 2. The molecule has 0 saturated carbocycles. The molecule has 2 heterocycles. The number of amides is 1. The molecule has 1 N–H and O–H groups in total. The summed E-state index contributed by atoms with van der Waals surface area (Å²) < 4.78 is 11.4. The number of nitrogens with zero attached hydrogens (tertiary/aromatic N) is 2. The number of aliphatic hydroxyl groups is 1. The van der Waals surface area contributed by atoms with Gasteiger partial charge in [-0.25, -0.2) is 0 Å². The molecular weight excluding hydrogens is 563 g/mol. The molecule has 3 aromatic rings. The summed E-state index contributed by atoms with van der Waals surface area (Å²) in [5.41, 5.74) is 2.71. The number of ketones is 1. The molecule has 3 aromatic carbocycles. The molecule has 41 heavy (non-hydrogen) atoms. The fourth-order valence-electron chi connectivity index (χ4n) is 5.32. The number of aliphatic hydroxyl groups excluding tert-OH is 1. The van der Waals surface area contributed by atoms with E-state index in [0.29, 0.717) is 65.3 Å². The van der Waals surface area contributed by atoms with Gasteiger partial charge in [0.2, 0.25) is 0 Å². The number of morpholine rings is 1. The maximum Gasteiger partial charge on any atom is 0.295 e. The molecule has 7 nitrogen and oxygen atoms in total. The number of carbonyl (C=O) groups excluding carboxylic acids is 2. The lowest BCUT2D eigenvalue weighted by molar-refractivity contribution is -0.140. The highest BCUT2D eigenvalue weighted by Crippen LogP contribution is 2.43. The molecule has 0 aliphatic carbocycles. The minimum Gasteiger partial charge on any atom is -0.507 e. The minimum absolute atomic E-state index is 0.00616. The van der Waals surface area contributed by atoms with Crippen LogP contribution in [0.2, 0.25) is 10.0 Å². The molecule has 0 radical (unpaired) electrons. The summed E-state index contributed by atoms with van der Waals surface area (Å²) in [6, 6.07) is 19.2. The lowest BCUT2D eigenvalue weighted by atomic mass is 9.93. The first-order valence-electron chi connectivity index (χ1n) is 13.6. The van der Waals surface area contributed by atoms with E-state index < -0.39 is 17.7 Å². The van der Waals surface area contributed by atoms with Gasteiger partial charge in [0.1, 0.15) is 18.1 Å². The van der Waals surface area contributed by atoms with Crippen LogP contribution in [0.3, 0.4) is 0 Å². The number of Topliss-reactive ketones (excluding diaryl/α,β-unsaturated/α-hetero) is 1. The quantitative estimate of drug-likeness (QED) is 0.185. The molecule has 1 atom stereocenters. The molecule has 0 aromatic heterocycles. The molecule has 2 aliphatic heterocycles. The number of carbonyl (C=O) groups is 2.